The van der Waals surface area contributed by atoms with Crippen LogP contribution in [-0.4, -0.2) is 55.0 Å². The monoisotopic (exact) mass is 408 g/mol. The Morgan fingerprint density at radius 3 is 2.47 bits per heavy atom. The number of aliphatic hydroxyl groups excluding tert-OH is 1. The number of nitrogens with zero attached hydrogens (tertiary/aromatic N) is 5. The van der Waals surface area contributed by atoms with E-state index in [-0.39, 0.29) is 23.0 Å². The normalized spacial score (nSPS) is 27.6. The van der Waals surface area contributed by atoms with E-state index < -0.39 is 0 Å². The Morgan fingerprint density at radius 1 is 1.03 bits per heavy atom. The summed E-state index contributed by atoms with van der Waals surface area (Å²) in [5.41, 5.74) is 1.18. The van der Waals surface area contributed by atoms with Crippen molar-refractivity contribution >= 4 is 11.9 Å². The van der Waals surface area contributed by atoms with E-state index in [0.717, 1.165) is 63.5 Å². The second-order valence-corrected chi connectivity index (χ2v) is 9.08. The van der Waals surface area contributed by atoms with Gasteiger partial charge in [0.25, 0.3) is 5.91 Å². The van der Waals surface area contributed by atoms with E-state index in [9.17, 15) is 9.90 Å². The van der Waals surface area contributed by atoms with E-state index in [0.29, 0.717) is 18.1 Å². The second-order valence-electron chi connectivity index (χ2n) is 9.08. The number of hydrogen-bond acceptors (Lipinski definition) is 7. The lowest BCUT2D eigenvalue weighted by Crippen LogP contribution is -2.52. The molecule has 3 aliphatic rings. The molecule has 0 bridgehead atoms. The summed E-state index contributed by atoms with van der Waals surface area (Å²) in [6, 6.07) is 0. The zero-order valence-corrected chi connectivity index (χ0v) is 17.1. The molecule has 5 rings (SSSR count). The van der Waals surface area contributed by atoms with Crippen molar-refractivity contribution in [1.29, 1.82) is 0 Å². The number of hydrogen-bond donors (Lipinski definition) is 2. The number of aliphatic hydroxyl groups is 1. The van der Waals surface area contributed by atoms with Gasteiger partial charge in [-0.1, -0.05) is 12.8 Å². The maximum atomic E-state index is 13.1. The van der Waals surface area contributed by atoms with Gasteiger partial charge in [-0.05, 0) is 38.5 Å². The van der Waals surface area contributed by atoms with Gasteiger partial charge in [-0.25, -0.2) is 19.9 Å². The highest BCUT2D eigenvalue weighted by molar-refractivity contribution is 5.93. The molecule has 2 atom stereocenters. The SMILES string of the molecule is O=C(c1cnc(NC2(c3cncnc3)CC2)nc1)N1CCCC2(CCCC[C@H]2O)C1. The Labute approximate surface area is 176 Å². The van der Waals surface area contributed by atoms with Gasteiger partial charge in [-0.2, -0.15) is 0 Å². The molecule has 158 valence electrons. The predicted octanol–water partition coefficient (Wildman–Crippen LogP) is 2.53. The number of aromatic nitrogens is 4. The minimum atomic E-state index is -0.304. The van der Waals surface area contributed by atoms with Gasteiger partial charge < -0.3 is 15.3 Å². The summed E-state index contributed by atoms with van der Waals surface area (Å²) >= 11 is 0. The summed E-state index contributed by atoms with van der Waals surface area (Å²) in [6.07, 6.45) is 16.0. The van der Waals surface area contributed by atoms with Crippen LogP contribution in [0.2, 0.25) is 0 Å². The molecule has 1 aliphatic heterocycles. The molecule has 2 saturated carbocycles. The summed E-state index contributed by atoms with van der Waals surface area (Å²) in [5.74, 6) is 0.460. The number of nitrogens with one attached hydrogen (secondary N) is 1. The molecule has 8 nitrogen and oxygen atoms in total. The molecule has 1 saturated heterocycles. The van der Waals surface area contributed by atoms with Gasteiger partial charge in [0.2, 0.25) is 5.95 Å². The lowest BCUT2D eigenvalue weighted by atomic mass is 9.67. The predicted molar refractivity (Wildman–Crippen MR) is 111 cm³/mol. The zero-order valence-electron chi connectivity index (χ0n) is 17.1. The number of rotatable bonds is 4. The lowest BCUT2D eigenvalue weighted by molar-refractivity contribution is -0.0529. The van der Waals surface area contributed by atoms with Gasteiger partial charge in [0.15, 0.2) is 0 Å². The van der Waals surface area contributed by atoms with E-state index in [1.54, 1.807) is 12.4 Å². The van der Waals surface area contributed by atoms with Gasteiger partial charge >= 0.3 is 0 Å². The van der Waals surface area contributed by atoms with Gasteiger partial charge in [0, 0.05) is 48.9 Å². The van der Waals surface area contributed by atoms with Crippen LogP contribution in [0, 0.1) is 5.41 Å². The van der Waals surface area contributed by atoms with E-state index in [1.807, 2.05) is 17.3 Å². The molecule has 1 spiro atoms. The Bertz CT molecular complexity index is 898. The van der Waals surface area contributed by atoms with Gasteiger partial charge in [0.1, 0.15) is 6.33 Å². The topological polar surface area (TPSA) is 104 Å². The molecule has 3 fully saturated rings. The molecular formula is C22H28N6O2. The molecule has 0 radical (unpaired) electrons. The van der Waals surface area contributed by atoms with E-state index in [1.165, 1.54) is 6.33 Å². The smallest absolute Gasteiger partial charge is 0.257 e. The van der Waals surface area contributed by atoms with E-state index in [4.69, 9.17) is 0 Å². The minimum Gasteiger partial charge on any atom is -0.392 e. The van der Waals surface area contributed by atoms with Crippen molar-refractivity contribution in [2.45, 2.75) is 63.0 Å². The molecule has 2 aliphatic carbocycles. The van der Waals surface area contributed by atoms with Gasteiger partial charge in [-0.3, -0.25) is 4.79 Å². The van der Waals surface area contributed by atoms with Crippen molar-refractivity contribution in [3.05, 3.63) is 42.2 Å². The molecule has 2 N–H and O–H groups in total. The van der Waals surface area contributed by atoms with Crippen LogP contribution >= 0.6 is 0 Å². The van der Waals surface area contributed by atoms with Crippen molar-refractivity contribution in [2.24, 2.45) is 5.41 Å². The number of anilines is 1. The number of piperidine rings is 1. The molecule has 2 aromatic heterocycles. The number of likely N-dealkylation sites (tertiary alicyclic amines) is 1. The van der Waals surface area contributed by atoms with Crippen molar-refractivity contribution in [3.8, 4) is 0 Å². The first-order valence-corrected chi connectivity index (χ1v) is 10.9. The van der Waals surface area contributed by atoms with Crippen LogP contribution in [0.15, 0.2) is 31.1 Å². The average molecular weight is 409 g/mol. The number of carbonyl (C=O) groups is 1. The highest BCUT2D eigenvalue weighted by Gasteiger charge is 2.46. The first kappa shape index (κ1) is 19.4. The van der Waals surface area contributed by atoms with Crippen LogP contribution in [0.3, 0.4) is 0 Å². The Hall–Kier alpha value is -2.61. The van der Waals surface area contributed by atoms with Crippen LogP contribution in [-0.2, 0) is 5.54 Å². The molecule has 0 aromatic carbocycles. The first-order chi connectivity index (χ1) is 14.6. The van der Waals surface area contributed by atoms with Crippen LogP contribution < -0.4 is 5.32 Å². The summed E-state index contributed by atoms with van der Waals surface area (Å²) in [4.78, 5) is 32.0. The maximum Gasteiger partial charge on any atom is 0.257 e. The molecule has 2 aromatic rings. The third-order valence-electron chi connectivity index (χ3n) is 7.12. The fourth-order valence-corrected chi connectivity index (χ4v) is 5.15. The minimum absolute atomic E-state index is 0.0454. The van der Waals surface area contributed by atoms with Crippen LogP contribution in [0.5, 0.6) is 0 Å². The summed E-state index contributed by atoms with van der Waals surface area (Å²) in [7, 11) is 0. The maximum absolute atomic E-state index is 13.1. The third kappa shape index (κ3) is 3.53. The number of carbonyl (C=O) groups excluding carboxylic acids is 1. The highest BCUT2D eigenvalue weighted by atomic mass is 16.3. The van der Waals surface area contributed by atoms with Crippen molar-refractivity contribution < 1.29 is 9.90 Å². The fraction of sp³-hybridized carbons (Fsp3) is 0.591. The van der Waals surface area contributed by atoms with Crippen LogP contribution in [0.25, 0.3) is 0 Å². The van der Waals surface area contributed by atoms with Gasteiger partial charge in [0.05, 0.1) is 17.2 Å². The molecule has 1 amide bonds. The van der Waals surface area contributed by atoms with Crippen LogP contribution in [0.4, 0.5) is 5.95 Å². The highest BCUT2D eigenvalue weighted by Crippen LogP contribution is 2.47. The average Bonchev–Trinajstić information content (AvgIpc) is 3.57. The number of amides is 1. The second kappa shape index (κ2) is 7.58. The Morgan fingerprint density at radius 2 is 1.77 bits per heavy atom. The van der Waals surface area contributed by atoms with Crippen molar-refractivity contribution in [1.82, 2.24) is 24.8 Å². The molecule has 3 heterocycles. The molecule has 30 heavy (non-hydrogen) atoms. The largest absolute Gasteiger partial charge is 0.392 e. The zero-order chi connectivity index (χ0) is 20.6. The van der Waals surface area contributed by atoms with Crippen molar-refractivity contribution in [3.63, 3.8) is 0 Å². The fourth-order valence-electron chi connectivity index (χ4n) is 5.15. The van der Waals surface area contributed by atoms with E-state index >= 15 is 0 Å². The standard InChI is InChI=1S/C22H28N6O2/c29-18-4-1-2-5-21(18)6-3-9-28(14-21)19(30)16-10-25-20(26-11-16)27-22(7-8-22)17-12-23-15-24-13-17/h10-13,15,18,29H,1-9,14H2,(H,25,26,27)/t18-,21?/m1/s1. The summed E-state index contributed by atoms with van der Waals surface area (Å²) < 4.78 is 0. The Kier molecular flexibility index (Phi) is 4.89. The van der Waals surface area contributed by atoms with E-state index in [2.05, 4.69) is 25.3 Å². The Balaban J connectivity index is 1.27. The molecule has 1 unspecified atom stereocenters. The molecular weight excluding hydrogens is 380 g/mol. The third-order valence-corrected chi connectivity index (χ3v) is 7.12. The summed E-state index contributed by atoms with van der Waals surface area (Å²) in [5, 5.41) is 14.0. The first-order valence-electron chi connectivity index (χ1n) is 10.9. The van der Waals surface area contributed by atoms with Crippen LogP contribution in [0.1, 0.15) is 67.3 Å². The summed E-state index contributed by atoms with van der Waals surface area (Å²) in [6.45, 7) is 1.36. The van der Waals surface area contributed by atoms with Crippen molar-refractivity contribution in [2.75, 3.05) is 18.4 Å². The molecule has 8 heteroatoms. The van der Waals surface area contributed by atoms with Gasteiger partial charge in [-0.15, -0.1) is 0 Å². The lowest BCUT2D eigenvalue weighted by Gasteiger charge is -2.48. The quantitative estimate of drug-likeness (QED) is 0.801.